The van der Waals surface area contributed by atoms with Gasteiger partial charge >= 0.3 is 0 Å². The molecule has 0 bridgehead atoms. The second-order valence-corrected chi connectivity index (χ2v) is 4.97. The highest BCUT2D eigenvalue weighted by molar-refractivity contribution is 5.92. The molecule has 1 N–H and O–H groups in total. The zero-order chi connectivity index (χ0) is 13.6. The Morgan fingerprint density at radius 2 is 2.11 bits per heavy atom. The first-order valence-electron chi connectivity index (χ1n) is 6.19. The Kier molecular flexibility index (Phi) is 2.65. The van der Waals surface area contributed by atoms with Crippen LogP contribution in [-0.4, -0.2) is 27.5 Å². The Hall–Kier alpha value is -1.79. The average molecular weight is 263 g/mol. The minimum atomic E-state index is -1.10. The van der Waals surface area contributed by atoms with Crippen LogP contribution in [0.4, 0.5) is 5.69 Å². The lowest BCUT2D eigenvalue weighted by Gasteiger charge is -2.22. The van der Waals surface area contributed by atoms with E-state index in [0.717, 1.165) is 12.8 Å². The predicted molar refractivity (Wildman–Crippen MR) is 64.5 cm³/mol. The number of non-ortho nitro benzene ring substituents is 1. The number of hydrogen-bond donors (Lipinski definition) is 1. The molecule has 0 unspecified atom stereocenters. The Bertz CT molecular complexity index is 540. The molecule has 1 saturated heterocycles. The van der Waals surface area contributed by atoms with Crippen LogP contribution in [0.25, 0.3) is 0 Å². The van der Waals surface area contributed by atoms with E-state index in [1.807, 2.05) is 0 Å². The van der Waals surface area contributed by atoms with E-state index in [2.05, 4.69) is 0 Å². The fourth-order valence-corrected chi connectivity index (χ4v) is 2.78. The number of epoxide rings is 1. The molecular formula is C13H13NO5. The number of aliphatic hydroxyl groups is 1. The van der Waals surface area contributed by atoms with E-state index >= 15 is 0 Å². The predicted octanol–water partition coefficient (Wildman–Crippen LogP) is 1.52. The summed E-state index contributed by atoms with van der Waals surface area (Å²) < 4.78 is 5.44. The van der Waals surface area contributed by atoms with Crippen LogP contribution in [-0.2, 0) is 9.53 Å². The summed E-state index contributed by atoms with van der Waals surface area (Å²) in [6, 6.07) is 5.58. The minimum Gasteiger partial charge on any atom is -0.385 e. The van der Waals surface area contributed by atoms with E-state index < -0.39 is 16.6 Å². The highest BCUT2D eigenvalue weighted by atomic mass is 16.6. The molecule has 0 aromatic heterocycles. The summed E-state index contributed by atoms with van der Waals surface area (Å²) in [5, 5.41) is 20.9. The monoisotopic (exact) mass is 263 g/mol. The van der Waals surface area contributed by atoms with Crippen LogP contribution in [0.1, 0.15) is 30.9 Å². The number of nitro groups is 1. The van der Waals surface area contributed by atoms with Gasteiger partial charge in [0.15, 0.2) is 11.4 Å². The van der Waals surface area contributed by atoms with E-state index in [1.54, 1.807) is 0 Å². The number of aliphatic hydroxyl groups excluding tert-OH is 1. The lowest BCUT2D eigenvalue weighted by molar-refractivity contribution is -0.384. The highest BCUT2D eigenvalue weighted by Crippen LogP contribution is 2.52. The van der Waals surface area contributed by atoms with Crippen molar-refractivity contribution in [1.29, 1.82) is 0 Å². The number of benzene rings is 1. The van der Waals surface area contributed by atoms with Crippen LogP contribution < -0.4 is 0 Å². The first kappa shape index (κ1) is 12.3. The van der Waals surface area contributed by atoms with E-state index in [9.17, 15) is 20.0 Å². The molecule has 1 aromatic carbocycles. The van der Waals surface area contributed by atoms with Gasteiger partial charge in [0.25, 0.3) is 5.69 Å². The van der Waals surface area contributed by atoms with Gasteiger partial charge in [-0.05, 0) is 30.5 Å². The smallest absolute Gasteiger partial charge is 0.269 e. The van der Waals surface area contributed by atoms with Crippen molar-refractivity contribution in [3.63, 3.8) is 0 Å². The van der Waals surface area contributed by atoms with Crippen LogP contribution in [0.15, 0.2) is 24.3 Å². The molecule has 19 heavy (non-hydrogen) atoms. The number of fused-ring (bicyclic) bond motifs is 1. The quantitative estimate of drug-likeness (QED) is 0.507. The number of carbonyl (C=O) groups is 1. The van der Waals surface area contributed by atoms with Crippen LogP contribution >= 0.6 is 0 Å². The molecule has 2 fully saturated rings. The van der Waals surface area contributed by atoms with E-state index in [4.69, 9.17) is 4.74 Å². The number of nitro benzene ring substituents is 1. The maximum atomic E-state index is 12.0. The third kappa shape index (κ3) is 1.75. The lowest BCUT2D eigenvalue weighted by Crippen LogP contribution is -2.37. The third-order valence-corrected chi connectivity index (χ3v) is 3.89. The summed E-state index contributed by atoms with van der Waals surface area (Å²) in [4.78, 5) is 22.0. The van der Waals surface area contributed by atoms with Gasteiger partial charge in [0.2, 0.25) is 0 Å². The van der Waals surface area contributed by atoms with Crippen LogP contribution in [0, 0.1) is 10.1 Å². The third-order valence-electron chi connectivity index (χ3n) is 3.89. The zero-order valence-corrected chi connectivity index (χ0v) is 10.1. The standard InChI is InChI=1S/C13H13NO5/c15-10-2-1-3-11-13(10,19-11)12(16)8-4-6-9(7-5-8)14(17)18/h4-7,11-12,16H,1-3H2/t11-,12-,13+/m1/s1. The molecule has 1 saturated carbocycles. The summed E-state index contributed by atoms with van der Waals surface area (Å²) >= 11 is 0. The summed E-state index contributed by atoms with van der Waals surface area (Å²) in [6.07, 6.45) is 0.721. The SMILES string of the molecule is O=C1CCC[C@H]2O[C@@]12[C@H](O)c1ccc([N+](=O)[O-])cc1. The van der Waals surface area contributed by atoms with Crippen molar-refractivity contribution in [2.75, 3.05) is 0 Å². The fourth-order valence-electron chi connectivity index (χ4n) is 2.78. The molecular weight excluding hydrogens is 250 g/mol. The van der Waals surface area contributed by atoms with Gasteiger partial charge in [-0.3, -0.25) is 14.9 Å². The van der Waals surface area contributed by atoms with Crippen LogP contribution in [0.2, 0.25) is 0 Å². The number of Topliss-reactive ketones (excluding diaryl/α,β-unsaturated/α-hetero) is 1. The van der Waals surface area contributed by atoms with Gasteiger partial charge in [-0.2, -0.15) is 0 Å². The van der Waals surface area contributed by atoms with Crippen molar-refractivity contribution in [1.82, 2.24) is 0 Å². The molecule has 1 aromatic rings. The Labute approximate surface area is 109 Å². The second-order valence-electron chi connectivity index (χ2n) is 4.97. The molecule has 1 aliphatic heterocycles. The van der Waals surface area contributed by atoms with Gasteiger partial charge in [0.1, 0.15) is 6.10 Å². The van der Waals surface area contributed by atoms with Crippen molar-refractivity contribution in [3.05, 3.63) is 39.9 Å². The van der Waals surface area contributed by atoms with Gasteiger partial charge in [-0.15, -0.1) is 0 Å². The summed E-state index contributed by atoms with van der Waals surface area (Å²) in [5.74, 6) is -0.0744. The van der Waals surface area contributed by atoms with E-state index in [1.165, 1.54) is 24.3 Å². The average Bonchev–Trinajstić information content (AvgIpc) is 3.15. The van der Waals surface area contributed by atoms with E-state index in [0.29, 0.717) is 12.0 Å². The number of nitrogens with zero attached hydrogens (tertiary/aromatic N) is 1. The van der Waals surface area contributed by atoms with Crippen LogP contribution in [0.5, 0.6) is 0 Å². The molecule has 1 aliphatic carbocycles. The van der Waals surface area contributed by atoms with Gasteiger partial charge in [0.05, 0.1) is 11.0 Å². The zero-order valence-electron chi connectivity index (χ0n) is 10.1. The van der Waals surface area contributed by atoms with Crippen molar-refractivity contribution >= 4 is 11.5 Å². The molecule has 0 spiro atoms. The number of ketones is 1. The van der Waals surface area contributed by atoms with Gasteiger partial charge in [-0.25, -0.2) is 0 Å². The fraction of sp³-hybridized carbons (Fsp3) is 0.462. The summed E-state index contributed by atoms with van der Waals surface area (Å²) in [6.45, 7) is 0. The topological polar surface area (TPSA) is 93.0 Å². The normalized spacial score (nSPS) is 30.6. The van der Waals surface area contributed by atoms with Gasteiger partial charge < -0.3 is 9.84 Å². The molecule has 100 valence electrons. The molecule has 2 aliphatic rings. The van der Waals surface area contributed by atoms with Crippen LogP contribution in [0.3, 0.4) is 0 Å². The van der Waals surface area contributed by atoms with Gasteiger partial charge in [0, 0.05) is 18.6 Å². The van der Waals surface area contributed by atoms with Crippen molar-refractivity contribution in [3.8, 4) is 0 Å². The number of carbonyl (C=O) groups excluding carboxylic acids is 1. The molecule has 3 rings (SSSR count). The molecule has 0 radical (unpaired) electrons. The van der Waals surface area contributed by atoms with Crippen molar-refractivity contribution in [2.24, 2.45) is 0 Å². The van der Waals surface area contributed by atoms with E-state index in [-0.39, 0.29) is 17.6 Å². The Morgan fingerprint density at radius 3 is 2.68 bits per heavy atom. The first-order chi connectivity index (χ1) is 9.05. The number of ether oxygens (including phenoxy) is 1. The number of rotatable bonds is 3. The van der Waals surface area contributed by atoms with Gasteiger partial charge in [-0.1, -0.05) is 0 Å². The molecule has 0 amide bonds. The molecule has 3 atom stereocenters. The Morgan fingerprint density at radius 1 is 1.42 bits per heavy atom. The minimum absolute atomic E-state index is 0.0447. The molecule has 6 nitrogen and oxygen atoms in total. The molecule has 1 heterocycles. The lowest BCUT2D eigenvalue weighted by atomic mass is 9.81. The highest BCUT2D eigenvalue weighted by Gasteiger charge is 2.67. The molecule has 6 heteroatoms. The number of hydrogen-bond acceptors (Lipinski definition) is 5. The first-order valence-corrected chi connectivity index (χ1v) is 6.19. The maximum Gasteiger partial charge on any atom is 0.269 e. The summed E-state index contributed by atoms with van der Waals surface area (Å²) in [7, 11) is 0. The Balaban J connectivity index is 1.86. The maximum absolute atomic E-state index is 12.0. The van der Waals surface area contributed by atoms with Crippen molar-refractivity contribution in [2.45, 2.75) is 37.1 Å². The largest absolute Gasteiger partial charge is 0.385 e. The second kappa shape index (κ2) is 4.11. The summed E-state index contributed by atoms with van der Waals surface area (Å²) in [5.41, 5.74) is -0.672. The van der Waals surface area contributed by atoms with Crippen molar-refractivity contribution < 1.29 is 19.6 Å².